The molecule has 0 saturated carbocycles. The third-order valence-corrected chi connectivity index (χ3v) is 3.92. The van der Waals surface area contributed by atoms with Crippen molar-refractivity contribution < 1.29 is 14.4 Å². The quantitative estimate of drug-likeness (QED) is 0.757. The maximum atomic E-state index is 12.0. The van der Waals surface area contributed by atoms with E-state index in [9.17, 15) is 14.4 Å². The Bertz CT molecular complexity index is 528. The third kappa shape index (κ3) is 2.07. The highest BCUT2D eigenvalue weighted by molar-refractivity contribution is 8.14. The molecule has 0 spiro atoms. The summed E-state index contributed by atoms with van der Waals surface area (Å²) >= 11 is 1.01. The van der Waals surface area contributed by atoms with E-state index in [-0.39, 0.29) is 34.5 Å². The first-order valence-corrected chi connectivity index (χ1v) is 6.69. The van der Waals surface area contributed by atoms with Crippen LogP contribution in [0.3, 0.4) is 0 Å². The Hall–Kier alpha value is -1.96. The Kier molecular flexibility index (Phi) is 2.94. The van der Waals surface area contributed by atoms with Crippen LogP contribution < -0.4 is 0 Å². The van der Waals surface area contributed by atoms with Crippen LogP contribution in [0, 0.1) is 0 Å². The molecule has 0 aromatic carbocycles. The van der Waals surface area contributed by atoms with Gasteiger partial charge in [-0.15, -0.1) is 0 Å². The molecule has 0 unspecified atom stereocenters. The summed E-state index contributed by atoms with van der Waals surface area (Å²) in [5.74, 6) is -0.198. The number of nitrogens with zero attached hydrogens (tertiary/aromatic N) is 4. The van der Waals surface area contributed by atoms with E-state index >= 15 is 0 Å². The van der Waals surface area contributed by atoms with Gasteiger partial charge < -0.3 is 4.90 Å². The van der Waals surface area contributed by atoms with Crippen molar-refractivity contribution in [3.8, 4) is 0 Å². The first-order chi connectivity index (χ1) is 9.16. The molecule has 0 N–H and O–H groups in total. The Balaban J connectivity index is 1.63. The number of hydrogen-bond acceptors (Lipinski definition) is 6. The van der Waals surface area contributed by atoms with Gasteiger partial charge in [-0.05, 0) is 0 Å². The number of likely N-dealkylation sites (tertiary alicyclic amines) is 1. The van der Waals surface area contributed by atoms with Crippen LogP contribution in [-0.2, 0) is 4.79 Å². The average Bonchev–Trinajstić information content (AvgIpc) is 2.70. The van der Waals surface area contributed by atoms with E-state index in [0.29, 0.717) is 13.1 Å². The predicted octanol–water partition coefficient (Wildman–Crippen LogP) is -0.00360. The van der Waals surface area contributed by atoms with Crippen molar-refractivity contribution in [2.24, 2.45) is 0 Å². The largest absolute Gasteiger partial charge is 0.333 e. The second-order valence-corrected chi connectivity index (χ2v) is 5.20. The molecule has 2 aliphatic heterocycles. The number of aromatic nitrogens is 2. The number of rotatable bonds is 2. The second kappa shape index (κ2) is 4.61. The van der Waals surface area contributed by atoms with E-state index in [0.717, 1.165) is 11.8 Å². The Morgan fingerprint density at radius 2 is 2.11 bits per heavy atom. The van der Waals surface area contributed by atoms with E-state index in [1.54, 1.807) is 4.90 Å². The van der Waals surface area contributed by atoms with Gasteiger partial charge in [0.25, 0.3) is 11.1 Å². The van der Waals surface area contributed by atoms with E-state index < -0.39 is 0 Å². The molecule has 7 nitrogen and oxygen atoms in total. The average molecular weight is 278 g/mol. The smallest absolute Gasteiger partial charge is 0.289 e. The molecule has 1 aromatic rings. The molecular weight excluding hydrogens is 268 g/mol. The van der Waals surface area contributed by atoms with Crippen LogP contribution in [0.5, 0.6) is 0 Å². The van der Waals surface area contributed by atoms with Crippen molar-refractivity contribution in [3.05, 3.63) is 24.3 Å². The van der Waals surface area contributed by atoms with Gasteiger partial charge in [-0.25, -0.2) is 4.98 Å². The minimum Gasteiger partial charge on any atom is -0.333 e. The normalized spacial score (nSPS) is 19.8. The lowest BCUT2D eigenvalue weighted by atomic mass is 10.1. The van der Waals surface area contributed by atoms with Gasteiger partial charge in [0.05, 0.1) is 18.0 Å². The fourth-order valence-corrected chi connectivity index (χ4v) is 2.85. The van der Waals surface area contributed by atoms with E-state index in [2.05, 4.69) is 9.97 Å². The third-order valence-electron chi connectivity index (χ3n) is 3.08. The molecule has 3 heterocycles. The summed E-state index contributed by atoms with van der Waals surface area (Å²) in [6.45, 7) is 0.737. The van der Waals surface area contributed by atoms with Crippen molar-refractivity contribution in [2.45, 2.75) is 6.04 Å². The second-order valence-electron chi connectivity index (χ2n) is 4.27. The summed E-state index contributed by atoms with van der Waals surface area (Å²) in [7, 11) is 0. The first-order valence-electron chi connectivity index (χ1n) is 5.71. The highest BCUT2D eigenvalue weighted by Crippen LogP contribution is 2.26. The topological polar surface area (TPSA) is 83.5 Å². The zero-order valence-corrected chi connectivity index (χ0v) is 10.7. The SMILES string of the molecule is O=C(c1cnccn1)N1CC(N2C(=O)CSC2=O)C1. The van der Waals surface area contributed by atoms with Gasteiger partial charge in [0.15, 0.2) is 0 Å². The molecular formula is C11H10N4O3S. The summed E-state index contributed by atoms with van der Waals surface area (Å²) < 4.78 is 0. The van der Waals surface area contributed by atoms with Gasteiger partial charge in [-0.1, -0.05) is 11.8 Å². The Morgan fingerprint density at radius 1 is 1.32 bits per heavy atom. The number of carbonyl (C=O) groups is 3. The molecule has 0 atom stereocenters. The first kappa shape index (κ1) is 12.1. The summed E-state index contributed by atoms with van der Waals surface area (Å²) in [4.78, 5) is 45.6. The molecule has 3 rings (SSSR count). The van der Waals surface area contributed by atoms with Crippen LogP contribution in [0.2, 0.25) is 0 Å². The molecule has 19 heavy (non-hydrogen) atoms. The van der Waals surface area contributed by atoms with Crippen molar-refractivity contribution in [1.82, 2.24) is 19.8 Å². The Labute approximate surface area is 113 Å². The summed E-state index contributed by atoms with van der Waals surface area (Å²) in [6, 6.07) is -0.198. The van der Waals surface area contributed by atoms with Gasteiger partial charge in [0, 0.05) is 25.5 Å². The lowest BCUT2D eigenvalue weighted by Gasteiger charge is -2.42. The number of amides is 3. The monoisotopic (exact) mass is 278 g/mol. The lowest BCUT2D eigenvalue weighted by molar-refractivity contribution is -0.128. The van der Waals surface area contributed by atoms with Crippen LogP contribution in [-0.4, -0.2) is 61.7 Å². The zero-order chi connectivity index (χ0) is 13.4. The summed E-state index contributed by atoms with van der Waals surface area (Å²) in [5, 5.41) is -0.221. The van der Waals surface area contributed by atoms with Crippen molar-refractivity contribution in [1.29, 1.82) is 0 Å². The van der Waals surface area contributed by atoms with Crippen molar-refractivity contribution in [3.63, 3.8) is 0 Å². The van der Waals surface area contributed by atoms with Crippen LogP contribution >= 0.6 is 11.8 Å². The van der Waals surface area contributed by atoms with Gasteiger partial charge in [0.2, 0.25) is 5.91 Å². The van der Waals surface area contributed by atoms with E-state index in [1.165, 1.54) is 23.5 Å². The summed E-state index contributed by atoms with van der Waals surface area (Å²) in [5.41, 5.74) is 0.273. The van der Waals surface area contributed by atoms with Gasteiger partial charge in [-0.3, -0.25) is 24.3 Å². The fraction of sp³-hybridized carbons (Fsp3) is 0.364. The fourth-order valence-electron chi connectivity index (χ4n) is 2.07. The van der Waals surface area contributed by atoms with Gasteiger partial charge >= 0.3 is 0 Å². The minimum atomic E-state index is -0.226. The van der Waals surface area contributed by atoms with Crippen LogP contribution in [0.15, 0.2) is 18.6 Å². The number of thioether (sulfide) groups is 1. The van der Waals surface area contributed by atoms with E-state index in [1.807, 2.05) is 0 Å². The highest BCUT2D eigenvalue weighted by atomic mass is 32.2. The molecule has 0 radical (unpaired) electrons. The van der Waals surface area contributed by atoms with Crippen LogP contribution in [0.25, 0.3) is 0 Å². The van der Waals surface area contributed by atoms with Gasteiger partial charge in [-0.2, -0.15) is 0 Å². The predicted molar refractivity (Wildman–Crippen MR) is 66.4 cm³/mol. The van der Waals surface area contributed by atoms with Crippen LogP contribution in [0.1, 0.15) is 10.5 Å². The molecule has 3 amide bonds. The van der Waals surface area contributed by atoms with Gasteiger partial charge in [0.1, 0.15) is 5.69 Å². The number of imide groups is 1. The molecule has 8 heteroatoms. The standard InChI is InChI=1S/C11H10N4O3S/c16-9-6-19-11(18)15(9)7-4-14(5-7)10(17)8-3-12-1-2-13-8/h1-3,7H,4-6H2. The maximum absolute atomic E-state index is 12.0. The molecule has 0 bridgehead atoms. The Morgan fingerprint density at radius 3 is 2.68 bits per heavy atom. The van der Waals surface area contributed by atoms with Crippen molar-refractivity contribution in [2.75, 3.05) is 18.8 Å². The van der Waals surface area contributed by atoms with Crippen LogP contribution in [0.4, 0.5) is 4.79 Å². The molecule has 98 valence electrons. The highest BCUT2D eigenvalue weighted by Gasteiger charge is 2.43. The molecule has 2 fully saturated rings. The minimum absolute atomic E-state index is 0.174. The maximum Gasteiger partial charge on any atom is 0.289 e. The molecule has 2 saturated heterocycles. The summed E-state index contributed by atoms with van der Waals surface area (Å²) in [6.07, 6.45) is 4.35. The number of hydrogen-bond donors (Lipinski definition) is 0. The van der Waals surface area contributed by atoms with Crippen molar-refractivity contribution >= 4 is 28.8 Å². The zero-order valence-electron chi connectivity index (χ0n) is 9.85. The number of carbonyl (C=O) groups excluding carboxylic acids is 3. The lowest BCUT2D eigenvalue weighted by Crippen LogP contribution is -2.62. The molecule has 0 aliphatic carbocycles. The molecule has 1 aromatic heterocycles. The van der Waals surface area contributed by atoms with E-state index in [4.69, 9.17) is 0 Å². The molecule has 2 aliphatic rings.